The maximum absolute atomic E-state index is 11.7. The third kappa shape index (κ3) is 3.14. The van der Waals surface area contributed by atoms with Crippen molar-refractivity contribution < 1.29 is 9.53 Å². The number of esters is 1. The highest BCUT2D eigenvalue weighted by Gasteiger charge is 2.12. The molecule has 1 aliphatic heterocycles. The van der Waals surface area contributed by atoms with E-state index in [-0.39, 0.29) is 5.97 Å². The van der Waals surface area contributed by atoms with Gasteiger partial charge in [-0.1, -0.05) is 24.3 Å². The molecule has 0 aliphatic carbocycles. The Morgan fingerprint density at radius 3 is 2.05 bits per heavy atom. The van der Waals surface area contributed by atoms with Crippen LogP contribution in [0.4, 0.5) is 5.69 Å². The van der Waals surface area contributed by atoms with Crippen LogP contribution in [0.3, 0.4) is 0 Å². The van der Waals surface area contributed by atoms with E-state index in [1.807, 2.05) is 31.2 Å². The van der Waals surface area contributed by atoms with E-state index in [1.165, 1.54) is 24.1 Å². The Balaban J connectivity index is 1.74. The number of hydrogen-bond donors (Lipinski definition) is 0. The third-order valence-electron chi connectivity index (χ3n) is 4.07. The number of hydrogen-bond acceptors (Lipinski definition) is 3. The summed E-state index contributed by atoms with van der Waals surface area (Å²) >= 11 is 0. The fourth-order valence-corrected chi connectivity index (χ4v) is 2.85. The van der Waals surface area contributed by atoms with E-state index in [0.29, 0.717) is 12.2 Å². The SMILES string of the molecule is CCOC(=O)c1ccc(-c2ccc(N3CCCC3)cc2)cc1. The molecule has 0 radical (unpaired) electrons. The first-order valence-electron chi connectivity index (χ1n) is 7.90. The Kier molecular flexibility index (Phi) is 4.42. The number of benzene rings is 2. The van der Waals surface area contributed by atoms with E-state index >= 15 is 0 Å². The summed E-state index contributed by atoms with van der Waals surface area (Å²) in [4.78, 5) is 14.1. The van der Waals surface area contributed by atoms with Gasteiger partial charge in [-0.2, -0.15) is 0 Å². The van der Waals surface area contributed by atoms with Crippen molar-refractivity contribution in [3.63, 3.8) is 0 Å². The number of anilines is 1. The van der Waals surface area contributed by atoms with E-state index in [9.17, 15) is 4.79 Å². The highest BCUT2D eigenvalue weighted by molar-refractivity contribution is 5.90. The molecule has 1 saturated heterocycles. The van der Waals surface area contributed by atoms with Gasteiger partial charge >= 0.3 is 5.97 Å². The van der Waals surface area contributed by atoms with Gasteiger partial charge in [-0.15, -0.1) is 0 Å². The molecule has 2 aromatic rings. The van der Waals surface area contributed by atoms with Crippen LogP contribution in [-0.2, 0) is 4.74 Å². The molecule has 114 valence electrons. The zero-order chi connectivity index (χ0) is 15.4. The summed E-state index contributed by atoms with van der Waals surface area (Å²) in [6.45, 7) is 4.54. The molecule has 22 heavy (non-hydrogen) atoms. The molecule has 1 aliphatic rings. The van der Waals surface area contributed by atoms with Gasteiger partial charge in [-0.05, 0) is 55.2 Å². The minimum atomic E-state index is -0.265. The van der Waals surface area contributed by atoms with Gasteiger partial charge < -0.3 is 9.64 Å². The first kappa shape index (κ1) is 14.6. The van der Waals surface area contributed by atoms with Crippen LogP contribution < -0.4 is 4.90 Å². The van der Waals surface area contributed by atoms with Gasteiger partial charge in [-0.25, -0.2) is 4.79 Å². The second kappa shape index (κ2) is 6.65. The second-order valence-corrected chi connectivity index (χ2v) is 5.54. The van der Waals surface area contributed by atoms with Crippen molar-refractivity contribution >= 4 is 11.7 Å². The number of nitrogens with zero attached hydrogens (tertiary/aromatic N) is 1. The Labute approximate surface area is 131 Å². The number of carbonyl (C=O) groups is 1. The molecule has 0 saturated carbocycles. The molecule has 0 amide bonds. The molecule has 0 spiro atoms. The minimum absolute atomic E-state index is 0.265. The molecule has 3 rings (SSSR count). The van der Waals surface area contributed by atoms with Crippen molar-refractivity contribution in [2.24, 2.45) is 0 Å². The average Bonchev–Trinajstić information content (AvgIpc) is 3.10. The van der Waals surface area contributed by atoms with Gasteiger partial charge in [0.15, 0.2) is 0 Å². The molecule has 0 unspecified atom stereocenters. The van der Waals surface area contributed by atoms with Crippen molar-refractivity contribution in [2.45, 2.75) is 19.8 Å². The van der Waals surface area contributed by atoms with Crippen LogP contribution in [0.25, 0.3) is 11.1 Å². The van der Waals surface area contributed by atoms with E-state index in [4.69, 9.17) is 4.74 Å². The summed E-state index contributed by atoms with van der Waals surface area (Å²) in [5, 5.41) is 0. The smallest absolute Gasteiger partial charge is 0.338 e. The monoisotopic (exact) mass is 295 g/mol. The van der Waals surface area contributed by atoms with Crippen LogP contribution in [0.1, 0.15) is 30.1 Å². The van der Waals surface area contributed by atoms with Crippen LogP contribution in [0.2, 0.25) is 0 Å². The Morgan fingerprint density at radius 1 is 0.955 bits per heavy atom. The molecule has 3 nitrogen and oxygen atoms in total. The summed E-state index contributed by atoms with van der Waals surface area (Å²) in [5.74, 6) is -0.265. The van der Waals surface area contributed by atoms with Gasteiger partial charge in [0.05, 0.1) is 12.2 Å². The van der Waals surface area contributed by atoms with Crippen molar-refractivity contribution in [2.75, 3.05) is 24.6 Å². The molecule has 0 N–H and O–H groups in total. The summed E-state index contributed by atoms with van der Waals surface area (Å²) in [7, 11) is 0. The number of carbonyl (C=O) groups excluding carboxylic acids is 1. The summed E-state index contributed by atoms with van der Waals surface area (Å²) < 4.78 is 5.00. The number of ether oxygens (including phenoxy) is 1. The van der Waals surface area contributed by atoms with Gasteiger partial charge in [0.1, 0.15) is 0 Å². The molecule has 3 heteroatoms. The fraction of sp³-hybridized carbons (Fsp3) is 0.316. The quantitative estimate of drug-likeness (QED) is 0.794. The van der Waals surface area contributed by atoms with E-state index < -0.39 is 0 Å². The largest absolute Gasteiger partial charge is 0.462 e. The van der Waals surface area contributed by atoms with Crippen LogP contribution in [0.5, 0.6) is 0 Å². The first-order valence-corrected chi connectivity index (χ1v) is 7.90. The maximum atomic E-state index is 11.7. The van der Waals surface area contributed by atoms with E-state index in [2.05, 4.69) is 29.2 Å². The van der Waals surface area contributed by atoms with Crippen molar-refractivity contribution in [3.05, 3.63) is 54.1 Å². The van der Waals surface area contributed by atoms with E-state index in [0.717, 1.165) is 18.7 Å². The summed E-state index contributed by atoms with van der Waals surface area (Å²) in [5.41, 5.74) is 4.17. The van der Waals surface area contributed by atoms with Crippen LogP contribution in [-0.4, -0.2) is 25.7 Å². The summed E-state index contributed by atoms with van der Waals surface area (Å²) in [6, 6.07) is 16.2. The predicted octanol–water partition coefficient (Wildman–Crippen LogP) is 4.13. The van der Waals surface area contributed by atoms with Gasteiger partial charge in [-0.3, -0.25) is 0 Å². The highest BCUT2D eigenvalue weighted by Crippen LogP contribution is 2.25. The van der Waals surface area contributed by atoms with Gasteiger partial charge in [0.25, 0.3) is 0 Å². The van der Waals surface area contributed by atoms with Gasteiger partial charge in [0.2, 0.25) is 0 Å². The zero-order valence-corrected chi connectivity index (χ0v) is 12.9. The molecule has 0 atom stereocenters. The van der Waals surface area contributed by atoms with E-state index in [1.54, 1.807) is 0 Å². The average molecular weight is 295 g/mol. The van der Waals surface area contributed by atoms with Crippen molar-refractivity contribution in [1.82, 2.24) is 0 Å². The summed E-state index contributed by atoms with van der Waals surface area (Å²) in [6.07, 6.45) is 2.58. The Bertz CT molecular complexity index is 625. The lowest BCUT2D eigenvalue weighted by Crippen LogP contribution is -2.17. The van der Waals surface area contributed by atoms with Gasteiger partial charge in [0, 0.05) is 18.8 Å². The molecule has 2 aromatic carbocycles. The topological polar surface area (TPSA) is 29.5 Å². The Morgan fingerprint density at radius 2 is 1.50 bits per heavy atom. The molecule has 1 fully saturated rings. The number of rotatable bonds is 4. The van der Waals surface area contributed by atoms with Crippen molar-refractivity contribution in [1.29, 1.82) is 0 Å². The fourth-order valence-electron chi connectivity index (χ4n) is 2.85. The predicted molar refractivity (Wildman–Crippen MR) is 89.3 cm³/mol. The normalized spacial score (nSPS) is 14.1. The lowest BCUT2D eigenvalue weighted by atomic mass is 10.0. The lowest BCUT2D eigenvalue weighted by molar-refractivity contribution is 0.0526. The minimum Gasteiger partial charge on any atom is -0.462 e. The lowest BCUT2D eigenvalue weighted by Gasteiger charge is -2.17. The Hall–Kier alpha value is -2.29. The molecule has 0 bridgehead atoms. The highest BCUT2D eigenvalue weighted by atomic mass is 16.5. The standard InChI is InChI=1S/C19H21NO2/c1-2-22-19(21)17-7-5-15(6-8-17)16-9-11-18(12-10-16)20-13-3-4-14-20/h5-12H,2-4,13-14H2,1H3. The first-order chi connectivity index (χ1) is 10.8. The third-order valence-corrected chi connectivity index (χ3v) is 4.07. The molecule has 0 aromatic heterocycles. The molecular formula is C19H21NO2. The van der Waals surface area contributed by atoms with Crippen LogP contribution in [0, 0.1) is 0 Å². The maximum Gasteiger partial charge on any atom is 0.338 e. The second-order valence-electron chi connectivity index (χ2n) is 5.54. The van der Waals surface area contributed by atoms with Crippen LogP contribution in [0.15, 0.2) is 48.5 Å². The van der Waals surface area contributed by atoms with Crippen molar-refractivity contribution in [3.8, 4) is 11.1 Å². The molecule has 1 heterocycles. The molecular weight excluding hydrogens is 274 g/mol. The van der Waals surface area contributed by atoms with Crippen LogP contribution >= 0.6 is 0 Å². The zero-order valence-electron chi connectivity index (χ0n) is 12.9.